The first-order valence-corrected chi connectivity index (χ1v) is 12.2. The van der Waals surface area contributed by atoms with Crippen LogP contribution in [0.2, 0.25) is 0 Å². The topological polar surface area (TPSA) is 90.6 Å². The molecule has 1 aromatic carbocycles. The van der Waals surface area contributed by atoms with Crippen molar-refractivity contribution in [3.05, 3.63) is 71.4 Å². The Morgan fingerprint density at radius 3 is 2.67 bits per heavy atom. The van der Waals surface area contributed by atoms with Gasteiger partial charge in [-0.1, -0.05) is 13.0 Å². The minimum Gasteiger partial charge on any atom is -0.302 e. The Morgan fingerprint density at radius 1 is 1.13 bits per heavy atom. The van der Waals surface area contributed by atoms with E-state index in [0.717, 1.165) is 32.7 Å². The lowest BCUT2D eigenvalue weighted by Gasteiger charge is -2.13. The highest BCUT2D eigenvalue weighted by Gasteiger charge is 2.19. The molecule has 0 saturated heterocycles. The Morgan fingerprint density at radius 2 is 1.97 bits per heavy atom. The van der Waals surface area contributed by atoms with Crippen molar-refractivity contribution in [2.45, 2.75) is 31.6 Å². The molecule has 0 amide bonds. The van der Waals surface area contributed by atoms with Gasteiger partial charge in [0, 0.05) is 50.1 Å². The maximum atomic E-state index is 12.4. The standard InChI is InChI=1S/C21H21N5O2S2/c1-4-19-24-9-10-26(19)17-11-15(5-6-18(17)30(3,27)28)21-14(2)25-20(29-21)12-16-13-22-7-8-23-16/h5-11,13H,4,12H2,1-3H3. The van der Waals surface area contributed by atoms with Gasteiger partial charge in [0.1, 0.15) is 5.82 Å². The first-order valence-electron chi connectivity index (χ1n) is 9.45. The van der Waals surface area contributed by atoms with Crippen molar-refractivity contribution in [1.82, 2.24) is 24.5 Å². The number of rotatable bonds is 6. The van der Waals surface area contributed by atoms with E-state index >= 15 is 0 Å². The molecule has 4 aromatic rings. The van der Waals surface area contributed by atoms with Gasteiger partial charge in [-0.3, -0.25) is 9.97 Å². The van der Waals surface area contributed by atoms with Crippen molar-refractivity contribution >= 4 is 21.2 Å². The molecule has 0 aliphatic carbocycles. The predicted molar refractivity (Wildman–Crippen MR) is 117 cm³/mol. The zero-order chi connectivity index (χ0) is 21.3. The average molecular weight is 440 g/mol. The molecule has 0 radical (unpaired) electrons. The second-order valence-corrected chi connectivity index (χ2v) is 9.99. The third kappa shape index (κ3) is 4.03. The first-order chi connectivity index (χ1) is 14.4. The Balaban J connectivity index is 1.80. The van der Waals surface area contributed by atoms with Crippen molar-refractivity contribution in [2.24, 2.45) is 0 Å². The summed E-state index contributed by atoms with van der Waals surface area (Å²) in [7, 11) is -3.41. The summed E-state index contributed by atoms with van der Waals surface area (Å²) in [6.45, 7) is 3.96. The second-order valence-electron chi connectivity index (χ2n) is 6.92. The molecule has 0 spiro atoms. The van der Waals surface area contributed by atoms with Gasteiger partial charge in [-0.05, 0) is 24.6 Å². The molecule has 0 atom stereocenters. The summed E-state index contributed by atoms with van der Waals surface area (Å²) in [5.41, 5.74) is 3.29. The second kappa shape index (κ2) is 8.08. The third-order valence-corrected chi connectivity index (χ3v) is 7.05. The van der Waals surface area contributed by atoms with Crippen LogP contribution >= 0.6 is 11.3 Å². The van der Waals surface area contributed by atoms with Crippen LogP contribution in [0, 0.1) is 6.92 Å². The molecule has 0 aliphatic rings. The molecule has 4 rings (SSSR count). The zero-order valence-corrected chi connectivity index (χ0v) is 18.5. The highest BCUT2D eigenvalue weighted by Crippen LogP contribution is 2.34. The number of sulfone groups is 1. The summed E-state index contributed by atoms with van der Waals surface area (Å²) in [5, 5.41) is 0.939. The maximum Gasteiger partial charge on any atom is 0.177 e. The van der Waals surface area contributed by atoms with Gasteiger partial charge >= 0.3 is 0 Å². The highest BCUT2D eigenvalue weighted by molar-refractivity contribution is 7.90. The molecule has 3 heterocycles. The van der Waals surface area contributed by atoms with Gasteiger partial charge in [-0.25, -0.2) is 18.4 Å². The number of aryl methyl sites for hydroxylation is 2. The molecule has 0 saturated carbocycles. The quantitative estimate of drug-likeness (QED) is 0.455. The monoisotopic (exact) mass is 439 g/mol. The van der Waals surface area contributed by atoms with E-state index in [-0.39, 0.29) is 4.90 Å². The minimum atomic E-state index is -3.41. The normalized spacial score (nSPS) is 11.7. The molecule has 0 aliphatic heterocycles. The van der Waals surface area contributed by atoms with Gasteiger partial charge in [0.05, 0.1) is 31.9 Å². The summed E-state index contributed by atoms with van der Waals surface area (Å²) < 4.78 is 26.7. The van der Waals surface area contributed by atoms with E-state index in [1.165, 1.54) is 6.26 Å². The molecule has 154 valence electrons. The highest BCUT2D eigenvalue weighted by atomic mass is 32.2. The Hall–Kier alpha value is -2.91. The van der Waals surface area contributed by atoms with Crippen molar-refractivity contribution in [1.29, 1.82) is 0 Å². The molecule has 30 heavy (non-hydrogen) atoms. The van der Waals surface area contributed by atoms with Crippen molar-refractivity contribution in [2.75, 3.05) is 6.26 Å². The first kappa shape index (κ1) is 20.4. The number of benzene rings is 1. The van der Waals surface area contributed by atoms with E-state index in [9.17, 15) is 8.42 Å². The molecular weight excluding hydrogens is 418 g/mol. The van der Waals surface area contributed by atoms with Crippen LogP contribution in [0.4, 0.5) is 0 Å². The molecular formula is C21H21N5O2S2. The number of imidazole rings is 1. The molecule has 3 aromatic heterocycles. The zero-order valence-electron chi connectivity index (χ0n) is 16.9. The van der Waals surface area contributed by atoms with Crippen LogP contribution in [0.25, 0.3) is 16.1 Å². The maximum absolute atomic E-state index is 12.4. The summed E-state index contributed by atoms with van der Waals surface area (Å²) in [6.07, 6.45) is 11.1. The molecule has 0 bridgehead atoms. The average Bonchev–Trinajstić information content (AvgIpc) is 3.34. The fraction of sp³-hybridized carbons (Fsp3) is 0.238. The van der Waals surface area contributed by atoms with Gasteiger partial charge in [0.15, 0.2) is 9.84 Å². The SMILES string of the molecule is CCc1nccn1-c1cc(-c2sc(Cc3cnccn3)nc2C)ccc1S(C)(=O)=O. The lowest BCUT2D eigenvalue weighted by Crippen LogP contribution is -2.07. The predicted octanol–water partition coefficient (Wildman–Crippen LogP) is 3.65. The lowest BCUT2D eigenvalue weighted by molar-refractivity contribution is 0.601. The van der Waals surface area contributed by atoms with Gasteiger partial charge in [0.2, 0.25) is 0 Å². The number of nitrogens with zero attached hydrogens (tertiary/aromatic N) is 5. The van der Waals surface area contributed by atoms with Crippen molar-refractivity contribution in [3.8, 4) is 16.1 Å². The van der Waals surface area contributed by atoms with E-state index in [1.807, 2.05) is 30.5 Å². The van der Waals surface area contributed by atoms with E-state index in [1.54, 1.807) is 48.4 Å². The van der Waals surface area contributed by atoms with Gasteiger partial charge in [0.25, 0.3) is 0 Å². The van der Waals surface area contributed by atoms with Crippen LogP contribution in [0.5, 0.6) is 0 Å². The van der Waals surface area contributed by atoms with E-state index in [4.69, 9.17) is 4.98 Å². The van der Waals surface area contributed by atoms with Gasteiger partial charge in [-0.15, -0.1) is 11.3 Å². The molecule has 7 nitrogen and oxygen atoms in total. The van der Waals surface area contributed by atoms with Gasteiger partial charge in [-0.2, -0.15) is 0 Å². The van der Waals surface area contributed by atoms with Crippen LogP contribution in [-0.2, 0) is 22.7 Å². The van der Waals surface area contributed by atoms with Crippen LogP contribution < -0.4 is 0 Å². The van der Waals surface area contributed by atoms with Crippen LogP contribution in [0.15, 0.2) is 54.1 Å². The smallest absolute Gasteiger partial charge is 0.177 e. The van der Waals surface area contributed by atoms with E-state index < -0.39 is 9.84 Å². The minimum absolute atomic E-state index is 0.279. The van der Waals surface area contributed by atoms with Crippen LogP contribution in [-0.4, -0.2) is 39.2 Å². The summed E-state index contributed by atoms with van der Waals surface area (Å²) in [4.78, 5) is 18.8. The van der Waals surface area contributed by atoms with Crippen molar-refractivity contribution < 1.29 is 8.42 Å². The lowest BCUT2D eigenvalue weighted by atomic mass is 10.1. The Bertz CT molecular complexity index is 1290. The number of aromatic nitrogens is 5. The van der Waals surface area contributed by atoms with Crippen LogP contribution in [0.3, 0.4) is 0 Å². The fourth-order valence-electron chi connectivity index (χ4n) is 3.35. The Labute approximate surface area is 179 Å². The molecule has 0 fully saturated rings. The van der Waals surface area contributed by atoms with Gasteiger partial charge < -0.3 is 4.57 Å². The largest absolute Gasteiger partial charge is 0.302 e. The summed E-state index contributed by atoms with van der Waals surface area (Å²) in [5.74, 6) is 0.807. The Kier molecular flexibility index (Phi) is 5.48. The summed E-state index contributed by atoms with van der Waals surface area (Å²) in [6, 6.07) is 5.42. The third-order valence-electron chi connectivity index (χ3n) is 4.70. The molecule has 0 N–H and O–H groups in total. The number of thiazole rings is 1. The molecule has 9 heteroatoms. The van der Waals surface area contributed by atoms with E-state index in [0.29, 0.717) is 18.5 Å². The number of hydrogen-bond donors (Lipinski definition) is 0. The van der Waals surface area contributed by atoms with Crippen molar-refractivity contribution in [3.63, 3.8) is 0 Å². The van der Waals surface area contributed by atoms with Crippen LogP contribution in [0.1, 0.15) is 29.1 Å². The number of hydrogen-bond acceptors (Lipinski definition) is 7. The fourth-order valence-corrected chi connectivity index (χ4v) is 5.28. The summed E-state index contributed by atoms with van der Waals surface area (Å²) >= 11 is 1.58. The van der Waals surface area contributed by atoms with E-state index in [2.05, 4.69) is 15.0 Å². The molecule has 0 unspecified atom stereocenters.